The van der Waals surface area contributed by atoms with Crippen LogP contribution in [0.3, 0.4) is 0 Å². The predicted molar refractivity (Wildman–Crippen MR) is 92.3 cm³/mol. The van der Waals surface area contributed by atoms with Crippen LogP contribution < -0.4 is 0 Å². The Bertz CT molecular complexity index is 633. The Labute approximate surface area is 144 Å². The molecular weight excluding hydrogens is 300 g/mol. The fourth-order valence-corrected chi connectivity index (χ4v) is 7.14. The number of hydrogen-bond acceptors (Lipinski definition) is 3. The van der Waals surface area contributed by atoms with E-state index >= 15 is 0 Å². The third-order valence-electron chi connectivity index (χ3n) is 8.49. The van der Waals surface area contributed by atoms with Crippen LogP contribution in [0.25, 0.3) is 0 Å². The van der Waals surface area contributed by atoms with Crippen LogP contribution in [0.15, 0.2) is 11.1 Å². The summed E-state index contributed by atoms with van der Waals surface area (Å²) in [6, 6.07) is 0. The van der Waals surface area contributed by atoms with Crippen molar-refractivity contribution >= 4 is 11.6 Å². The molecular formula is C21H30O3. The summed E-state index contributed by atoms with van der Waals surface area (Å²) in [7, 11) is 0. The maximum absolute atomic E-state index is 12.5. The SMILES string of the molecule is CC1=C2CC(C)[C@@H]3[C@@H](CC[C@]4(C)C(=O)CC[C@@H]34)[C@@]2(CO)CCC1=O. The number of aliphatic hydroxyl groups excluding tert-OH is 1. The highest BCUT2D eigenvalue weighted by molar-refractivity contribution is 5.97. The lowest BCUT2D eigenvalue weighted by atomic mass is 9.44. The monoisotopic (exact) mass is 330 g/mol. The third-order valence-corrected chi connectivity index (χ3v) is 8.49. The van der Waals surface area contributed by atoms with E-state index in [0.717, 1.165) is 44.1 Å². The first kappa shape index (κ1) is 16.5. The van der Waals surface area contributed by atoms with E-state index in [4.69, 9.17) is 0 Å². The van der Waals surface area contributed by atoms with Crippen molar-refractivity contribution in [1.82, 2.24) is 0 Å². The van der Waals surface area contributed by atoms with E-state index in [0.29, 0.717) is 35.9 Å². The number of Topliss-reactive ketones (excluding diaryl/α,β-unsaturated/α-hetero) is 2. The average molecular weight is 330 g/mol. The number of carbonyl (C=O) groups excluding carboxylic acids is 2. The Kier molecular flexibility index (Phi) is 3.62. The molecule has 1 unspecified atom stereocenters. The molecule has 3 heteroatoms. The summed E-state index contributed by atoms with van der Waals surface area (Å²) in [4.78, 5) is 24.8. The second kappa shape index (κ2) is 5.27. The molecule has 0 aliphatic heterocycles. The van der Waals surface area contributed by atoms with E-state index in [1.165, 1.54) is 5.57 Å². The van der Waals surface area contributed by atoms with Crippen LogP contribution in [-0.2, 0) is 9.59 Å². The van der Waals surface area contributed by atoms with E-state index in [1.54, 1.807) is 0 Å². The summed E-state index contributed by atoms with van der Waals surface area (Å²) in [5.74, 6) is 2.67. The number of hydrogen-bond donors (Lipinski definition) is 1. The van der Waals surface area contributed by atoms with Gasteiger partial charge in [-0.3, -0.25) is 9.59 Å². The first-order valence-corrected chi connectivity index (χ1v) is 9.73. The molecule has 0 aromatic rings. The minimum Gasteiger partial charge on any atom is -0.395 e. The second-order valence-corrected chi connectivity index (χ2v) is 9.23. The van der Waals surface area contributed by atoms with Crippen molar-refractivity contribution in [3.8, 4) is 0 Å². The number of fused-ring (bicyclic) bond motifs is 5. The minimum absolute atomic E-state index is 0.132. The topological polar surface area (TPSA) is 54.4 Å². The van der Waals surface area contributed by atoms with E-state index in [2.05, 4.69) is 13.8 Å². The first-order chi connectivity index (χ1) is 11.3. The lowest BCUT2D eigenvalue weighted by molar-refractivity contribution is -0.137. The molecule has 0 aromatic carbocycles. The third kappa shape index (κ3) is 1.88. The molecule has 1 N–H and O–H groups in total. The molecule has 0 radical (unpaired) electrons. The van der Waals surface area contributed by atoms with Crippen molar-refractivity contribution in [2.45, 2.75) is 65.7 Å². The van der Waals surface area contributed by atoms with Gasteiger partial charge in [-0.15, -0.1) is 0 Å². The molecule has 4 aliphatic rings. The van der Waals surface area contributed by atoms with Crippen LogP contribution in [0.1, 0.15) is 65.7 Å². The molecule has 3 saturated carbocycles. The van der Waals surface area contributed by atoms with Crippen LogP contribution in [0.2, 0.25) is 0 Å². The Morgan fingerprint density at radius 3 is 2.58 bits per heavy atom. The van der Waals surface area contributed by atoms with Crippen molar-refractivity contribution in [3.05, 3.63) is 11.1 Å². The standard InChI is InChI=1S/C21H30O3/c1-12-10-16-13(2)17(23)7-9-21(16,11-22)15-6-8-20(3)14(19(12)15)4-5-18(20)24/h12,14-15,19,22H,4-11H2,1-3H3/t12?,14-,15+,19-,20-,21-/m0/s1. The zero-order valence-corrected chi connectivity index (χ0v) is 15.2. The second-order valence-electron chi connectivity index (χ2n) is 9.23. The molecule has 0 saturated heterocycles. The Hall–Kier alpha value is -0.960. The van der Waals surface area contributed by atoms with Gasteiger partial charge < -0.3 is 5.11 Å². The summed E-state index contributed by atoms with van der Waals surface area (Å²) in [6.45, 7) is 6.65. The molecule has 0 bridgehead atoms. The zero-order chi connectivity index (χ0) is 17.3. The highest BCUT2D eigenvalue weighted by Crippen LogP contribution is 2.66. The van der Waals surface area contributed by atoms with Crippen molar-refractivity contribution in [3.63, 3.8) is 0 Å². The van der Waals surface area contributed by atoms with E-state index in [9.17, 15) is 14.7 Å². The number of ketones is 2. The normalized spacial score (nSPS) is 48.2. The quantitative estimate of drug-likeness (QED) is 0.797. The van der Waals surface area contributed by atoms with Gasteiger partial charge in [0.15, 0.2) is 5.78 Å². The summed E-state index contributed by atoms with van der Waals surface area (Å²) >= 11 is 0. The van der Waals surface area contributed by atoms with Gasteiger partial charge in [0.05, 0.1) is 6.61 Å². The average Bonchev–Trinajstić information content (AvgIpc) is 2.87. The lowest BCUT2D eigenvalue weighted by Crippen LogP contribution is -2.55. The van der Waals surface area contributed by atoms with Crippen LogP contribution in [-0.4, -0.2) is 23.3 Å². The van der Waals surface area contributed by atoms with Gasteiger partial charge in [0.1, 0.15) is 5.78 Å². The first-order valence-electron chi connectivity index (χ1n) is 9.73. The van der Waals surface area contributed by atoms with Crippen LogP contribution in [0.5, 0.6) is 0 Å². The van der Waals surface area contributed by atoms with Crippen molar-refractivity contribution in [2.75, 3.05) is 6.61 Å². The molecule has 4 aliphatic carbocycles. The zero-order valence-electron chi connectivity index (χ0n) is 15.2. The minimum atomic E-state index is -0.192. The van der Waals surface area contributed by atoms with Gasteiger partial charge in [-0.25, -0.2) is 0 Å². The van der Waals surface area contributed by atoms with Crippen LogP contribution in [0.4, 0.5) is 0 Å². The summed E-state index contributed by atoms with van der Waals surface area (Å²) in [5.41, 5.74) is 1.86. The molecule has 6 atom stereocenters. The maximum atomic E-state index is 12.5. The number of aliphatic hydroxyl groups is 1. The molecule has 0 aromatic heterocycles. The van der Waals surface area contributed by atoms with Gasteiger partial charge in [0.25, 0.3) is 0 Å². The van der Waals surface area contributed by atoms with Crippen LogP contribution >= 0.6 is 0 Å². The van der Waals surface area contributed by atoms with E-state index in [1.807, 2.05) is 6.92 Å². The van der Waals surface area contributed by atoms with E-state index in [-0.39, 0.29) is 23.2 Å². The molecule has 0 amide bonds. The predicted octanol–water partition coefficient (Wildman–Crippen LogP) is 3.70. The molecule has 24 heavy (non-hydrogen) atoms. The molecule has 132 valence electrons. The molecule has 3 nitrogen and oxygen atoms in total. The lowest BCUT2D eigenvalue weighted by Gasteiger charge is -2.60. The van der Waals surface area contributed by atoms with Gasteiger partial charge in [-0.2, -0.15) is 0 Å². The van der Waals surface area contributed by atoms with Crippen molar-refractivity contribution < 1.29 is 14.7 Å². The van der Waals surface area contributed by atoms with Gasteiger partial charge >= 0.3 is 0 Å². The summed E-state index contributed by atoms with van der Waals surface area (Å²) in [5, 5.41) is 10.5. The summed E-state index contributed by atoms with van der Waals surface area (Å²) in [6.07, 6.45) is 6.07. The Balaban J connectivity index is 1.81. The van der Waals surface area contributed by atoms with E-state index < -0.39 is 0 Å². The Morgan fingerprint density at radius 1 is 1.12 bits per heavy atom. The molecule has 3 fully saturated rings. The maximum Gasteiger partial charge on any atom is 0.158 e. The number of carbonyl (C=O) groups is 2. The van der Waals surface area contributed by atoms with Gasteiger partial charge in [-0.05, 0) is 68.3 Å². The van der Waals surface area contributed by atoms with Crippen molar-refractivity contribution in [1.29, 1.82) is 0 Å². The van der Waals surface area contributed by atoms with Crippen molar-refractivity contribution in [2.24, 2.45) is 34.5 Å². The number of rotatable bonds is 1. The fourth-order valence-electron chi connectivity index (χ4n) is 7.14. The molecule has 0 heterocycles. The highest BCUT2D eigenvalue weighted by atomic mass is 16.3. The highest BCUT2D eigenvalue weighted by Gasteiger charge is 2.62. The Morgan fingerprint density at radius 2 is 1.88 bits per heavy atom. The smallest absolute Gasteiger partial charge is 0.158 e. The summed E-state index contributed by atoms with van der Waals surface area (Å²) < 4.78 is 0. The molecule has 4 rings (SSSR count). The van der Waals surface area contributed by atoms with Crippen LogP contribution in [0, 0.1) is 34.5 Å². The van der Waals surface area contributed by atoms with Gasteiger partial charge in [0, 0.05) is 23.7 Å². The largest absolute Gasteiger partial charge is 0.395 e. The van der Waals surface area contributed by atoms with Gasteiger partial charge in [-0.1, -0.05) is 19.4 Å². The fraction of sp³-hybridized carbons (Fsp3) is 0.810. The van der Waals surface area contributed by atoms with Gasteiger partial charge in [0.2, 0.25) is 0 Å². The molecule has 0 spiro atoms.